The molecule has 0 radical (unpaired) electrons. The van der Waals surface area contributed by atoms with Crippen LogP contribution in [0.1, 0.15) is 24.2 Å². The first kappa shape index (κ1) is 13.9. The number of hydrogen-bond donors (Lipinski definition) is 1. The molecule has 0 spiro atoms. The quantitative estimate of drug-likeness (QED) is 0.936. The number of rotatable bonds is 4. The molecular formula is C14H18ClN3O. The van der Waals surface area contributed by atoms with E-state index < -0.39 is 0 Å². The number of benzene rings is 1. The van der Waals surface area contributed by atoms with Crippen LogP contribution in [-0.4, -0.2) is 15.8 Å². The van der Waals surface area contributed by atoms with E-state index in [9.17, 15) is 0 Å². The van der Waals surface area contributed by atoms with Crippen LogP contribution >= 0.6 is 11.6 Å². The molecule has 2 unspecified atom stereocenters. The average Bonchev–Trinajstić information content (AvgIpc) is 2.76. The number of hydrogen-bond acceptors (Lipinski definition) is 3. The number of nitrogens with two attached hydrogens (primary N) is 1. The van der Waals surface area contributed by atoms with Crippen molar-refractivity contribution in [2.75, 3.05) is 0 Å². The predicted molar refractivity (Wildman–Crippen MR) is 76.4 cm³/mol. The highest BCUT2D eigenvalue weighted by molar-refractivity contribution is 6.32. The Morgan fingerprint density at radius 1 is 1.42 bits per heavy atom. The highest BCUT2D eigenvalue weighted by atomic mass is 35.5. The Hall–Kier alpha value is -1.52. The van der Waals surface area contributed by atoms with Gasteiger partial charge in [0.2, 0.25) is 0 Å². The normalized spacial score (nSPS) is 14.2. The van der Waals surface area contributed by atoms with Crippen molar-refractivity contribution >= 4 is 11.6 Å². The van der Waals surface area contributed by atoms with Gasteiger partial charge in [-0.15, -0.1) is 0 Å². The lowest BCUT2D eigenvalue weighted by molar-refractivity contribution is 0.180. The van der Waals surface area contributed by atoms with Gasteiger partial charge in [-0.2, -0.15) is 5.10 Å². The first-order chi connectivity index (χ1) is 8.97. The molecule has 1 heterocycles. The van der Waals surface area contributed by atoms with E-state index in [4.69, 9.17) is 22.1 Å². The highest BCUT2D eigenvalue weighted by Crippen LogP contribution is 2.31. The van der Waals surface area contributed by atoms with Crippen LogP contribution in [0, 0.1) is 6.92 Å². The number of halogens is 1. The maximum atomic E-state index is 6.15. The van der Waals surface area contributed by atoms with Crippen molar-refractivity contribution in [2.24, 2.45) is 12.8 Å². The maximum absolute atomic E-state index is 6.15. The third-order valence-electron chi connectivity index (χ3n) is 2.87. The molecule has 5 heteroatoms. The van der Waals surface area contributed by atoms with Gasteiger partial charge in [-0.3, -0.25) is 4.68 Å². The number of aryl methyl sites for hydroxylation is 2. The minimum absolute atomic E-state index is 0.166. The van der Waals surface area contributed by atoms with Crippen LogP contribution in [0.3, 0.4) is 0 Å². The molecular weight excluding hydrogens is 262 g/mol. The second-order valence-corrected chi connectivity index (χ2v) is 5.19. The molecule has 2 rings (SSSR count). The lowest BCUT2D eigenvalue weighted by Gasteiger charge is -2.22. The largest absolute Gasteiger partial charge is 0.482 e. The van der Waals surface area contributed by atoms with E-state index in [-0.39, 0.29) is 12.1 Å². The van der Waals surface area contributed by atoms with Crippen LogP contribution in [0.4, 0.5) is 0 Å². The van der Waals surface area contributed by atoms with Crippen LogP contribution in [-0.2, 0) is 7.05 Å². The Bertz CT molecular complexity index is 566. The van der Waals surface area contributed by atoms with Crippen LogP contribution in [0.25, 0.3) is 0 Å². The van der Waals surface area contributed by atoms with Crippen LogP contribution in [0.2, 0.25) is 5.02 Å². The van der Waals surface area contributed by atoms with Gasteiger partial charge in [-0.1, -0.05) is 17.7 Å². The maximum Gasteiger partial charge on any atom is 0.142 e. The highest BCUT2D eigenvalue weighted by Gasteiger charge is 2.21. The van der Waals surface area contributed by atoms with Crippen molar-refractivity contribution in [3.05, 3.63) is 46.7 Å². The summed E-state index contributed by atoms with van der Waals surface area (Å²) in [7, 11) is 1.86. The summed E-state index contributed by atoms with van der Waals surface area (Å²) in [5.41, 5.74) is 8.04. The summed E-state index contributed by atoms with van der Waals surface area (Å²) in [6.07, 6.45) is 3.39. The SMILES string of the molecule is Cc1ccc(Cl)c(OC(c2cnn(C)c2)C(C)N)c1. The van der Waals surface area contributed by atoms with Crippen molar-refractivity contribution in [1.82, 2.24) is 9.78 Å². The Morgan fingerprint density at radius 3 is 2.74 bits per heavy atom. The van der Waals surface area contributed by atoms with Gasteiger partial charge >= 0.3 is 0 Å². The summed E-state index contributed by atoms with van der Waals surface area (Å²) in [6, 6.07) is 5.52. The van der Waals surface area contributed by atoms with Gasteiger partial charge in [0.05, 0.1) is 11.2 Å². The Kier molecular flexibility index (Phi) is 4.12. The zero-order chi connectivity index (χ0) is 14.0. The molecule has 4 nitrogen and oxygen atoms in total. The van der Waals surface area contributed by atoms with Crippen molar-refractivity contribution in [2.45, 2.75) is 26.0 Å². The van der Waals surface area contributed by atoms with Gasteiger partial charge in [-0.05, 0) is 31.5 Å². The molecule has 0 bridgehead atoms. The second-order valence-electron chi connectivity index (χ2n) is 4.78. The molecule has 19 heavy (non-hydrogen) atoms. The molecule has 1 aromatic heterocycles. The van der Waals surface area contributed by atoms with E-state index in [0.717, 1.165) is 11.1 Å². The fourth-order valence-electron chi connectivity index (χ4n) is 1.90. The smallest absolute Gasteiger partial charge is 0.142 e. The summed E-state index contributed by atoms with van der Waals surface area (Å²) in [4.78, 5) is 0. The van der Waals surface area contributed by atoms with E-state index >= 15 is 0 Å². The third kappa shape index (κ3) is 3.28. The monoisotopic (exact) mass is 279 g/mol. The van der Waals surface area contributed by atoms with E-state index in [1.165, 1.54) is 0 Å². The summed E-state index contributed by atoms with van der Waals surface area (Å²) >= 11 is 6.15. The van der Waals surface area contributed by atoms with Crippen molar-refractivity contribution < 1.29 is 4.74 Å². The Labute approximate surface area is 118 Å². The molecule has 2 atom stereocenters. The first-order valence-electron chi connectivity index (χ1n) is 6.14. The van der Waals surface area contributed by atoms with Crippen LogP contribution < -0.4 is 10.5 Å². The predicted octanol–water partition coefficient (Wildman–Crippen LogP) is 2.85. The van der Waals surface area contributed by atoms with Gasteiger partial charge in [0.1, 0.15) is 11.9 Å². The zero-order valence-corrected chi connectivity index (χ0v) is 12.1. The fraction of sp³-hybridized carbons (Fsp3) is 0.357. The third-order valence-corrected chi connectivity index (χ3v) is 3.18. The summed E-state index contributed by atoms with van der Waals surface area (Å²) in [6.45, 7) is 3.90. The van der Waals surface area contributed by atoms with E-state index in [2.05, 4.69) is 5.10 Å². The first-order valence-corrected chi connectivity index (χ1v) is 6.52. The van der Waals surface area contributed by atoms with E-state index in [1.807, 2.05) is 45.3 Å². The Balaban J connectivity index is 2.29. The standard InChI is InChI=1S/C14H18ClN3O/c1-9-4-5-12(15)13(6-9)19-14(10(2)16)11-7-17-18(3)8-11/h4-8,10,14H,16H2,1-3H3. The van der Waals surface area contributed by atoms with Gasteiger partial charge in [0.15, 0.2) is 0 Å². The lowest BCUT2D eigenvalue weighted by Crippen LogP contribution is -2.28. The van der Waals surface area contributed by atoms with Crippen molar-refractivity contribution in [1.29, 1.82) is 0 Å². The summed E-state index contributed by atoms with van der Waals surface area (Å²) < 4.78 is 7.70. The molecule has 0 amide bonds. The molecule has 0 fully saturated rings. The van der Waals surface area contributed by atoms with Gasteiger partial charge in [0, 0.05) is 24.8 Å². The molecule has 0 aliphatic heterocycles. The van der Waals surface area contributed by atoms with E-state index in [0.29, 0.717) is 10.8 Å². The number of ether oxygens (including phenoxy) is 1. The zero-order valence-electron chi connectivity index (χ0n) is 11.3. The topological polar surface area (TPSA) is 53.1 Å². The van der Waals surface area contributed by atoms with Gasteiger partial charge in [-0.25, -0.2) is 0 Å². The Morgan fingerprint density at radius 2 is 2.16 bits per heavy atom. The summed E-state index contributed by atoms with van der Waals surface area (Å²) in [5.74, 6) is 0.646. The van der Waals surface area contributed by atoms with Gasteiger partial charge < -0.3 is 10.5 Å². The number of nitrogens with zero attached hydrogens (tertiary/aromatic N) is 2. The molecule has 0 saturated carbocycles. The molecule has 0 aliphatic carbocycles. The number of aromatic nitrogens is 2. The molecule has 1 aromatic carbocycles. The van der Waals surface area contributed by atoms with Crippen molar-refractivity contribution in [3.63, 3.8) is 0 Å². The molecule has 102 valence electrons. The minimum atomic E-state index is -0.270. The second kappa shape index (κ2) is 5.63. The molecule has 2 aromatic rings. The minimum Gasteiger partial charge on any atom is -0.482 e. The van der Waals surface area contributed by atoms with Crippen LogP contribution in [0.5, 0.6) is 5.75 Å². The van der Waals surface area contributed by atoms with Crippen LogP contribution in [0.15, 0.2) is 30.6 Å². The van der Waals surface area contributed by atoms with Crippen molar-refractivity contribution in [3.8, 4) is 5.75 Å². The average molecular weight is 280 g/mol. The molecule has 0 aliphatic rings. The molecule has 0 saturated heterocycles. The van der Waals surface area contributed by atoms with E-state index in [1.54, 1.807) is 10.9 Å². The molecule has 2 N–H and O–H groups in total. The van der Waals surface area contributed by atoms with Gasteiger partial charge in [0.25, 0.3) is 0 Å². The summed E-state index contributed by atoms with van der Waals surface area (Å²) in [5, 5.41) is 4.73. The lowest BCUT2D eigenvalue weighted by atomic mass is 10.1. The fourth-order valence-corrected chi connectivity index (χ4v) is 2.07.